The average molecular weight is 427 g/mol. The second-order valence-electron chi connectivity index (χ2n) is 6.81. The first-order chi connectivity index (χ1) is 10.4. The van der Waals surface area contributed by atoms with Gasteiger partial charge in [-0.2, -0.15) is 0 Å². The number of carbonyl (C=O) groups is 2. The largest absolute Gasteiger partial charge is 0.274 e. The Hall–Kier alpha value is -0.680. The standard InChI is InChI=1S/C17H17Br2NO2/c1-7-3-4-11(8(2)5-7)20-16(21)12-9-6-10(13(12)17(20)22)15(19)14(9)18/h3-5,9-10,12-15H,6H2,1-2H3/t9-,10-,12-,13+,14-,15+/m1/s1. The SMILES string of the molecule is Cc1ccc(N2C(=O)[C@@H]3[C@H]4C[C@@H]([C@H](Br)[C@@H]4Br)[C@@H]3C2=O)c(C)c1. The molecule has 0 radical (unpaired) electrons. The van der Waals surface area contributed by atoms with Crippen molar-refractivity contribution in [3.8, 4) is 0 Å². The van der Waals surface area contributed by atoms with Crippen LogP contribution in [0, 0.1) is 37.5 Å². The van der Waals surface area contributed by atoms with E-state index in [1.807, 2.05) is 32.0 Å². The van der Waals surface area contributed by atoms with E-state index in [4.69, 9.17) is 0 Å². The van der Waals surface area contributed by atoms with Crippen LogP contribution in [-0.2, 0) is 9.59 Å². The first-order valence-corrected chi connectivity index (χ1v) is 9.48. The number of alkyl halides is 2. The molecule has 4 rings (SSSR count). The Morgan fingerprint density at radius 3 is 2.05 bits per heavy atom. The third-order valence-electron chi connectivity index (χ3n) is 5.58. The molecule has 2 amide bonds. The third-order valence-corrected chi connectivity index (χ3v) is 8.79. The van der Waals surface area contributed by atoms with E-state index in [2.05, 4.69) is 31.9 Å². The Kier molecular flexibility index (Phi) is 3.32. The molecule has 0 unspecified atom stereocenters. The molecule has 1 saturated heterocycles. The summed E-state index contributed by atoms with van der Waals surface area (Å²) in [5.74, 6) is 0.252. The maximum absolute atomic E-state index is 12.9. The molecule has 0 spiro atoms. The number of aryl methyl sites for hydroxylation is 2. The van der Waals surface area contributed by atoms with E-state index < -0.39 is 0 Å². The van der Waals surface area contributed by atoms with Gasteiger partial charge in [0, 0.05) is 9.65 Å². The van der Waals surface area contributed by atoms with E-state index in [1.165, 1.54) is 4.90 Å². The van der Waals surface area contributed by atoms with E-state index in [-0.39, 0.29) is 45.1 Å². The first kappa shape index (κ1) is 14.9. The lowest BCUT2D eigenvalue weighted by Crippen LogP contribution is -2.37. The van der Waals surface area contributed by atoms with Gasteiger partial charge in [0.2, 0.25) is 11.8 Å². The Balaban J connectivity index is 1.76. The Bertz CT molecular complexity index is 657. The van der Waals surface area contributed by atoms with Gasteiger partial charge >= 0.3 is 0 Å². The smallest absolute Gasteiger partial charge is 0.238 e. The zero-order chi connectivity index (χ0) is 15.8. The van der Waals surface area contributed by atoms with E-state index in [0.717, 1.165) is 23.2 Å². The van der Waals surface area contributed by atoms with Crippen molar-refractivity contribution in [1.82, 2.24) is 0 Å². The van der Waals surface area contributed by atoms with Crippen LogP contribution in [0.1, 0.15) is 17.5 Å². The molecular formula is C17H17Br2NO2. The maximum atomic E-state index is 12.9. The number of rotatable bonds is 1. The lowest BCUT2D eigenvalue weighted by molar-refractivity contribution is -0.123. The number of fused-ring (bicyclic) bond motifs is 5. The van der Waals surface area contributed by atoms with Crippen molar-refractivity contribution in [2.75, 3.05) is 4.90 Å². The van der Waals surface area contributed by atoms with Crippen molar-refractivity contribution in [1.29, 1.82) is 0 Å². The first-order valence-electron chi connectivity index (χ1n) is 7.65. The van der Waals surface area contributed by atoms with Crippen molar-refractivity contribution in [3.63, 3.8) is 0 Å². The normalized spacial score (nSPS) is 39.7. The van der Waals surface area contributed by atoms with Gasteiger partial charge in [0.05, 0.1) is 17.5 Å². The highest BCUT2D eigenvalue weighted by atomic mass is 79.9. The molecular weight excluding hydrogens is 410 g/mol. The minimum absolute atomic E-state index is 0.00157. The minimum atomic E-state index is -0.142. The fraction of sp³-hybridized carbons (Fsp3) is 0.529. The summed E-state index contributed by atoms with van der Waals surface area (Å²) in [6.07, 6.45) is 0.972. The number of amides is 2. The second-order valence-corrected chi connectivity index (χ2v) is 8.92. The maximum Gasteiger partial charge on any atom is 0.238 e. The van der Waals surface area contributed by atoms with Gasteiger partial charge in [-0.25, -0.2) is 4.90 Å². The highest BCUT2D eigenvalue weighted by Gasteiger charge is 2.66. The van der Waals surface area contributed by atoms with Crippen LogP contribution in [0.25, 0.3) is 0 Å². The average Bonchev–Trinajstić information content (AvgIpc) is 3.06. The lowest BCUT2D eigenvalue weighted by atomic mass is 9.81. The lowest BCUT2D eigenvalue weighted by Gasteiger charge is -2.28. The van der Waals surface area contributed by atoms with E-state index in [9.17, 15) is 9.59 Å². The van der Waals surface area contributed by atoms with Crippen LogP contribution < -0.4 is 4.90 Å². The Morgan fingerprint density at radius 2 is 1.55 bits per heavy atom. The predicted molar refractivity (Wildman–Crippen MR) is 92.4 cm³/mol. The summed E-state index contributed by atoms with van der Waals surface area (Å²) >= 11 is 7.43. The van der Waals surface area contributed by atoms with Gasteiger partial charge in [-0.15, -0.1) is 0 Å². The van der Waals surface area contributed by atoms with Crippen LogP contribution in [0.4, 0.5) is 5.69 Å². The Morgan fingerprint density at radius 1 is 1.00 bits per heavy atom. The molecule has 2 saturated carbocycles. The van der Waals surface area contributed by atoms with Crippen LogP contribution >= 0.6 is 31.9 Å². The van der Waals surface area contributed by atoms with Crippen molar-refractivity contribution in [2.45, 2.75) is 29.9 Å². The zero-order valence-corrected chi connectivity index (χ0v) is 15.6. The molecule has 116 valence electrons. The summed E-state index contributed by atoms with van der Waals surface area (Å²) in [6.45, 7) is 3.98. The van der Waals surface area contributed by atoms with Crippen LogP contribution in [0.2, 0.25) is 0 Å². The van der Waals surface area contributed by atoms with Crippen LogP contribution in [0.15, 0.2) is 18.2 Å². The van der Waals surface area contributed by atoms with Gasteiger partial charge in [-0.1, -0.05) is 49.6 Å². The molecule has 1 heterocycles. The fourth-order valence-electron chi connectivity index (χ4n) is 4.64. The second kappa shape index (κ2) is 4.91. The molecule has 2 bridgehead atoms. The summed E-state index contributed by atoms with van der Waals surface area (Å²) in [7, 11) is 0. The van der Waals surface area contributed by atoms with Crippen molar-refractivity contribution < 1.29 is 9.59 Å². The number of imide groups is 1. The number of hydrogen-bond donors (Lipinski definition) is 0. The molecule has 1 aliphatic heterocycles. The van der Waals surface area contributed by atoms with E-state index in [1.54, 1.807) is 0 Å². The molecule has 0 aromatic heterocycles. The molecule has 6 atom stereocenters. The van der Waals surface area contributed by atoms with Crippen molar-refractivity contribution in [3.05, 3.63) is 29.3 Å². The number of benzene rings is 1. The van der Waals surface area contributed by atoms with Gasteiger partial charge < -0.3 is 0 Å². The van der Waals surface area contributed by atoms with Crippen LogP contribution in [-0.4, -0.2) is 21.5 Å². The Labute approximate surface area is 146 Å². The van der Waals surface area contributed by atoms with Crippen LogP contribution in [0.3, 0.4) is 0 Å². The zero-order valence-electron chi connectivity index (χ0n) is 12.4. The van der Waals surface area contributed by atoms with Crippen LogP contribution in [0.5, 0.6) is 0 Å². The highest BCUT2D eigenvalue weighted by molar-refractivity contribution is 9.12. The van der Waals surface area contributed by atoms with Gasteiger partial charge in [0.1, 0.15) is 0 Å². The summed E-state index contributed by atoms with van der Waals surface area (Å²) in [5.41, 5.74) is 2.88. The summed E-state index contributed by atoms with van der Waals surface area (Å²) in [5, 5.41) is 0. The number of carbonyl (C=O) groups excluding carboxylic acids is 2. The van der Waals surface area contributed by atoms with E-state index >= 15 is 0 Å². The molecule has 3 fully saturated rings. The monoisotopic (exact) mass is 425 g/mol. The van der Waals surface area contributed by atoms with Gasteiger partial charge in [0.25, 0.3) is 0 Å². The third kappa shape index (κ3) is 1.78. The van der Waals surface area contributed by atoms with Gasteiger partial charge in [0.15, 0.2) is 0 Å². The fourth-order valence-corrected chi connectivity index (χ4v) is 6.52. The predicted octanol–water partition coefficient (Wildman–Crippen LogP) is 3.59. The molecule has 5 heteroatoms. The molecule has 1 aromatic carbocycles. The topological polar surface area (TPSA) is 37.4 Å². The highest BCUT2D eigenvalue weighted by Crippen LogP contribution is 2.60. The molecule has 0 N–H and O–H groups in total. The van der Waals surface area contributed by atoms with Gasteiger partial charge in [-0.3, -0.25) is 9.59 Å². The van der Waals surface area contributed by atoms with Crippen molar-refractivity contribution in [2.24, 2.45) is 23.7 Å². The molecule has 2 aliphatic carbocycles. The summed E-state index contributed by atoms with van der Waals surface area (Å²) < 4.78 is 0. The summed E-state index contributed by atoms with van der Waals surface area (Å²) in [4.78, 5) is 27.9. The number of halogens is 2. The number of nitrogens with zero attached hydrogens (tertiary/aromatic N) is 1. The van der Waals surface area contributed by atoms with Crippen molar-refractivity contribution >= 4 is 49.4 Å². The minimum Gasteiger partial charge on any atom is -0.274 e. The molecule has 22 heavy (non-hydrogen) atoms. The van der Waals surface area contributed by atoms with Gasteiger partial charge in [-0.05, 0) is 43.7 Å². The summed E-state index contributed by atoms with van der Waals surface area (Å²) in [6, 6.07) is 5.89. The quantitative estimate of drug-likeness (QED) is 0.508. The van der Waals surface area contributed by atoms with E-state index in [0.29, 0.717) is 0 Å². The molecule has 1 aromatic rings. The number of hydrogen-bond acceptors (Lipinski definition) is 2. The molecule has 3 aliphatic rings. The molecule has 3 nitrogen and oxygen atoms in total. The number of anilines is 1.